The van der Waals surface area contributed by atoms with Crippen molar-refractivity contribution in [3.05, 3.63) is 77.0 Å². The van der Waals surface area contributed by atoms with Gasteiger partial charge < -0.3 is 4.74 Å². The van der Waals surface area contributed by atoms with Crippen molar-refractivity contribution in [1.29, 1.82) is 0 Å². The van der Waals surface area contributed by atoms with Gasteiger partial charge in [-0.1, -0.05) is 49.4 Å². The summed E-state index contributed by atoms with van der Waals surface area (Å²) in [7, 11) is 0. The van der Waals surface area contributed by atoms with Crippen LogP contribution in [0.15, 0.2) is 65.9 Å². The molecule has 0 bridgehead atoms. The molecule has 0 radical (unpaired) electrons. The number of benzene rings is 2. The number of esters is 1. The minimum absolute atomic E-state index is 0.00449. The molecule has 0 N–H and O–H groups in total. The van der Waals surface area contributed by atoms with Crippen molar-refractivity contribution in [2.75, 3.05) is 11.5 Å². The Bertz CT molecular complexity index is 852. The largest absolute Gasteiger partial charge is 0.456 e. The monoisotopic (exact) mass is 333 g/mol. The van der Waals surface area contributed by atoms with E-state index in [1.807, 2.05) is 54.6 Å². The smallest absolute Gasteiger partial charge is 0.336 e. The molecule has 25 heavy (non-hydrogen) atoms. The number of carbonyl (C=O) groups is 2. The number of anilines is 1. The number of aryl methyl sites for hydroxylation is 1. The lowest BCUT2D eigenvalue weighted by atomic mass is 9.84. The van der Waals surface area contributed by atoms with E-state index in [-0.39, 0.29) is 30.8 Å². The summed E-state index contributed by atoms with van der Waals surface area (Å²) in [6.07, 6.45) is 1.22. The molecule has 4 heteroatoms. The first-order chi connectivity index (χ1) is 12.2. The summed E-state index contributed by atoms with van der Waals surface area (Å²) >= 11 is 0. The summed E-state index contributed by atoms with van der Waals surface area (Å²) < 4.78 is 5.29. The molecule has 0 saturated carbocycles. The van der Waals surface area contributed by atoms with Crippen LogP contribution in [0, 0.1) is 0 Å². The van der Waals surface area contributed by atoms with Crippen LogP contribution in [0.4, 0.5) is 5.69 Å². The third kappa shape index (κ3) is 2.64. The Morgan fingerprint density at radius 3 is 2.44 bits per heavy atom. The zero-order valence-corrected chi connectivity index (χ0v) is 14.1. The second-order valence-corrected chi connectivity index (χ2v) is 6.35. The van der Waals surface area contributed by atoms with Gasteiger partial charge in [0.05, 0.1) is 11.3 Å². The standard InChI is InChI=1S/C21H19NO3/c1-2-14-8-10-16(11-9-14)22-18-13-25-21(24)20(18)17(12-19(22)23)15-6-4-3-5-7-15/h3-11,17H,2,12-13H2,1H3. The Labute approximate surface area is 146 Å². The van der Waals surface area contributed by atoms with Crippen molar-refractivity contribution in [2.24, 2.45) is 0 Å². The summed E-state index contributed by atoms with van der Waals surface area (Å²) in [6, 6.07) is 17.6. The van der Waals surface area contributed by atoms with Gasteiger partial charge in [0.1, 0.15) is 6.61 Å². The van der Waals surface area contributed by atoms with E-state index < -0.39 is 0 Å². The van der Waals surface area contributed by atoms with Crippen LogP contribution in [0.2, 0.25) is 0 Å². The van der Waals surface area contributed by atoms with E-state index in [1.54, 1.807) is 4.90 Å². The van der Waals surface area contributed by atoms with Crippen LogP contribution in [0.3, 0.4) is 0 Å². The van der Waals surface area contributed by atoms with Crippen LogP contribution in [0.25, 0.3) is 0 Å². The molecular weight excluding hydrogens is 314 g/mol. The summed E-state index contributed by atoms with van der Waals surface area (Å²) in [5, 5.41) is 0. The number of hydrogen-bond donors (Lipinski definition) is 0. The minimum atomic E-state index is -0.313. The Morgan fingerprint density at radius 2 is 1.76 bits per heavy atom. The van der Waals surface area contributed by atoms with Crippen LogP contribution < -0.4 is 4.90 Å². The SMILES string of the molecule is CCc1ccc(N2C(=O)CC(c3ccccc3)C3=C2COC3=O)cc1. The van der Waals surface area contributed by atoms with Gasteiger partial charge >= 0.3 is 5.97 Å². The van der Waals surface area contributed by atoms with E-state index in [9.17, 15) is 9.59 Å². The van der Waals surface area contributed by atoms with E-state index in [2.05, 4.69) is 6.92 Å². The van der Waals surface area contributed by atoms with Crippen LogP contribution in [-0.2, 0) is 20.7 Å². The Hall–Kier alpha value is -2.88. The Balaban J connectivity index is 1.79. The molecule has 2 heterocycles. The van der Waals surface area contributed by atoms with Crippen molar-refractivity contribution < 1.29 is 14.3 Å². The van der Waals surface area contributed by atoms with Crippen LogP contribution in [0.5, 0.6) is 0 Å². The summed E-state index contributed by atoms with van der Waals surface area (Å²) in [5.41, 5.74) is 4.27. The highest BCUT2D eigenvalue weighted by Crippen LogP contribution is 2.41. The predicted molar refractivity (Wildman–Crippen MR) is 95.1 cm³/mol. The number of ether oxygens (including phenoxy) is 1. The molecule has 4 nitrogen and oxygen atoms in total. The fourth-order valence-corrected chi connectivity index (χ4v) is 3.60. The molecule has 2 aromatic rings. The topological polar surface area (TPSA) is 46.6 Å². The zero-order valence-electron chi connectivity index (χ0n) is 14.1. The molecule has 0 spiro atoms. The van der Waals surface area contributed by atoms with Crippen molar-refractivity contribution in [3.63, 3.8) is 0 Å². The molecule has 0 saturated heterocycles. The van der Waals surface area contributed by atoms with Crippen molar-refractivity contribution in [1.82, 2.24) is 0 Å². The molecule has 2 aromatic carbocycles. The van der Waals surface area contributed by atoms with E-state index in [1.165, 1.54) is 5.56 Å². The van der Waals surface area contributed by atoms with E-state index >= 15 is 0 Å². The first kappa shape index (κ1) is 15.6. The van der Waals surface area contributed by atoms with Gasteiger partial charge in [0.2, 0.25) is 5.91 Å². The lowest BCUT2D eigenvalue weighted by Crippen LogP contribution is -2.37. The van der Waals surface area contributed by atoms with Crippen LogP contribution >= 0.6 is 0 Å². The van der Waals surface area contributed by atoms with Gasteiger partial charge in [-0.15, -0.1) is 0 Å². The van der Waals surface area contributed by atoms with Gasteiger partial charge in [0.25, 0.3) is 0 Å². The van der Waals surface area contributed by atoms with Gasteiger partial charge in [-0.2, -0.15) is 0 Å². The van der Waals surface area contributed by atoms with Gasteiger partial charge in [0.15, 0.2) is 0 Å². The number of rotatable bonds is 3. The lowest BCUT2D eigenvalue weighted by Gasteiger charge is -2.32. The molecule has 1 unspecified atom stereocenters. The highest BCUT2D eigenvalue weighted by Gasteiger charge is 2.42. The van der Waals surface area contributed by atoms with Crippen LogP contribution in [-0.4, -0.2) is 18.5 Å². The highest BCUT2D eigenvalue weighted by molar-refractivity contribution is 6.06. The summed E-state index contributed by atoms with van der Waals surface area (Å²) in [6.45, 7) is 2.24. The second-order valence-electron chi connectivity index (χ2n) is 6.35. The summed E-state index contributed by atoms with van der Waals surface area (Å²) in [4.78, 5) is 26.9. The quantitative estimate of drug-likeness (QED) is 0.807. The normalized spacial score (nSPS) is 19.9. The van der Waals surface area contributed by atoms with Gasteiger partial charge in [0, 0.05) is 18.0 Å². The third-order valence-electron chi connectivity index (χ3n) is 4.92. The predicted octanol–water partition coefficient (Wildman–Crippen LogP) is 3.58. The highest BCUT2D eigenvalue weighted by atomic mass is 16.5. The average molecular weight is 333 g/mol. The molecule has 4 rings (SSSR count). The molecule has 0 fully saturated rings. The van der Waals surface area contributed by atoms with Crippen LogP contribution in [0.1, 0.15) is 30.4 Å². The number of hydrogen-bond acceptors (Lipinski definition) is 3. The van der Waals surface area contributed by atoms with E-state index in [0.717, 1.165) is 17.7 Å². The maximum absolute atomic E-state index is 12.9. The lowest BCUT2D eigenvalue weighted by molar-refractivity contribution is -0.136. The molecule has 1 atom stereocenters. The average Bonchev–Trinajstić information content (AvgIpc) is 3.03. The first-order valence-electron chi connectivity index (χ1n) is 8.56. The molecule has 1 amide bonds. The van der Waals surface area contributed by atoms with E-state index in [4.69, 9.17) is 4.74 Å². The maximum atomic E-state index is 12.9. The maximum Gasteiger partial charge on any atom is 0.336 e. The Morgan fingerprint density at radius 1 is 1.04 bits per heavy atom. The number of carbonyl (C=O) groups excluding carboxylic acids is 2. The fourth-order valence-electron chi connectivity index (χ4n) is 3.60. The number of amides is 1. The molecule has 0 aliphatic carbocycles. The van der Waals surface area contributed by atoms with Gasteiger partial charge in [-0.3, -0.25) is 9.69 Å². The third-order valence-corrected chi connectivity index (χ3v) is 4.92. The molecular formula is C21H19NO3. The summed E-state index contributed by atoms with van der Waals surface area (Å²) in [5.74, 6) is -0.549. The van der Waals surface area contributed by atoms with Gasteiger partial charge in [-0.25, -0.2) is 4.79 Å². The Kier molecular flexibility index (Phi) is 3.88. The molecule has 2 aliphatic rings. The van der Waals surface area contributed by atoms with Crippen molar-refractivity contribution in [2.45, 2.75) is 25.7 Å². The minimum Gasteiger partial charge on any atom is -0.456 e. The zero-order chi connectivity index (χ0) is 17.4. The number of nitrogens with zero attached hydrogens (tertiary/aromatic N) is 1. The molecule has 0 aromatic heterocycles. The second kappa shape index (κ2) is 6.20. The van der Waals surface area contributed by atoms with Crippen molar-refractivity contribution >= 4 is 17.6 Å². The van der Waals surface area contributed by atoms with Crippen molar-refractivity contribution in [3.8, 4) is 0 Å². The number of cyclic esters (lactones) is 1. The van der Waals surface area contributed by atoms with E-state index in [0.29, 0.717) is 11.3 Å². The molecule has 126 valence electrons. The first-order valence-corrected chi connectivity index (χ1v) is 8.56. The molecule has 2 aliphatic heterocycles. The fraction of sp³-hybridized carbons (Fsp3) is 0.238. The van der Waals surface area contributed by atoms with Gasteiger partial charge in [-0.05, 0) is 29.7 Å².